The molecule has 0 radical (unpaired) electrons. The quantitative estimate of drug-likeness (QED) is 0.367. The number of hydrogen-bond acceptors (Lipinski definition) is 5. The summed E-state index contributed by atoms with van der Waals surface area (Å²) in [7, 11) is 0. The molecule has 0 heterocycles. The zero-order valence-corrected chi connectivity index (χ0v) is 6.77. The number of esters is 1. The van der Waals surface area contributed by atoms with Crippen molar-refractivity contribution in [3.63, 3.8) is 0 Å². The number of aliphatic hydroxyl groups is 3. The monoisotopic (exact) mass is 178 g/mol. The number of ether oxygens (including phenoxy) is 1. The third-order valence-corrected chi connectivity index (χ3v) is 0.602. The average Bonchev–Trinajstić information content (AvgIpc) is 2.14. The van der Waals surface area contributed by atoms with Crippen molar-refractivity contribution >= 4 is 5.97 Å². The second-order valence-corrected chi connectivity index (χ2v) is 1.54. The maximum Gasteiger partial charge on any atom is 0.330 e. The fourth-order valence-corrected chi connectivity index (χ4v) is 0.205. The SMILES string of the molecule is C=CC(=O)OCCO.OCCO. The lowest BCUT2D eigenvalue weighted by Gasteiger charge is -1.94. The number of carbonyl (C=O) groups is 1. The molecule has 0 fully saturated rings. The number of rotatable bonds is 4. The van der Waals surface area contributed by atoms with E-state index in [0.717, 1.165) is 6.08 Å². The Balaban J connectivity index is 0. The van der Waals surface area contributed by atoms with Gasteiger partial charge in [-0.3, -0.25) is 0 Å². The van der Waals surface area contributed by atoms with Gasteiger partial charge in [-0.1, -0.05) is 6.58 Å². The van der Waals surface area contributed by atoms with E-state index >= 15 is 0 Å². The van der Waals surface area contributed by atoms with Crippen molar-refractivity contribution in [2.45, 2.75) is 0 Å². The summed E-state index contributed by atoms with van der Waals surface area (Å²) < 4.78 is 4.33. The highest BCUT2D eigenvalue weighted by Gasteiger charge is 1.90. The molecule has 0 aliphatic carbocycles. The molecule has 0 rings (SSSR count). The Morgan fingerprint density at radius 3 is 2.00 bits per heavy atom. The molecule has 0 aromatic carbocycles. The van der Waals surface area contributed by atoms with Crippen molar-refractivity contribution in [2.75, 3.05) is 26.4 Å². The lowest BCUT2D eigenvalue weighted by molar-refractivity contribution is -0.138. The minimum atomic E-state index is -0.501. The maximum absolute atomic E-state index is 10.1. The highest BCUT2D eigenvalue weighted by atomic mass is 16.5. The van der Waals surface area contributed by atoms with Gasteiger partial charge in [-0.25, -0.2) is 4.79 Å². The first-order valence-electron chi connectivity index (χ1n) is 3.34. The highest BCUT2D eigenvalue weighted by Crippen LogP contribution is 1.75. The van der Waals surface area contributed by atoms with Crippen LogP contribution in [-0.4, -0.2) is 47.7 Å². The summed E-state index contributed by atoms with van der Waals surface area (Å²) in [6, 6.07) is 0. The van der Waals surface area contributed by atoms with Gasteiger partial charge in [0.25, 0.3) is 0 Å². The van der Waals surface area contributed by atoms with Crippen LogP contribution in [0.2, 0.25) is 0 Å². The lowest BCUT2D eigenvalue weighted by atomic mass is 10.6. The van der Waals surface area contributed by atoms with Crippen molar-refractivity contribution < 1.29 is 24.9 Å². The van der Waals surface area contributed by atoms with Crippen LogP contribution in [-0.2, 0) is 9.53 Å². The molecule has 0 saturated carbocycles. The minimum absolute atomic E-state index is 0.0465. The lowest BCUT2D eigenvalue weighted by Crippen LogP contribution is -2.04. The van der Waals surface area contributed by atoms with Crippen molar-refractivity contribution in [1.82, 2.24) is 0 Å². The third-order valence-electron chi connectivity index (χ3n) is 0.602. The van der Waals surface area contributed by atoms with Crippen molar-refractivity contribution in [2.24, 2.45) is 0 Å². The molecule has 72 valence electrons. The van der Waals surface area contributed by atoms with Crippen LogP contribution in [0.25, 0.3) is 0 Å². The van der Waals surface area contributed by atoms with E-state index in [1.807, 2.05) is 0 Å². The predicted octanol–water partition coefficient (Wildman–Crippen LogP) is -1.32. The van der Waals surface area contributed by atoms with Gasteiger partial charge in [-0.2, -0.15) is 0 Å². The summed E-state index contributed by atoms with van der Waals surface area (Å²) in [6.45, 7) is 2.81. The number of aliphatic hydroxyl groups excluding tert-OH is 3. The minimum Gasteiger partial charge on any atom is -0.460 e. The summed E-state index contributed by atoms with van der Waals surface area (Å²) in [4.78, 5) is 10.1. The summed E-state index contributed by atoms with van der Waals surface area (Å²) in [6.07, 6.45) is 1.05. The van der Waals surface area contributed by atoms with Crippen LogP contribution < -0.4 is 0 Å². The highest BCUT2D eigenvalue weighted by molar-refractivity contribution is 5.81. The smallest absolute Gasteiger partial charge is 0.330 e. The Kier molecular flexibility index (Phi) is 14.5. The Morgan fingerprint density at radius 2 is 1.75 bits per heavy atom. The van der Waals surface area contributed by atoms with Gasteiger partial charge in [0.15, 0.2) is 0 Å². The van der Waals surface area contributed by atoms with Crippen LogP contribution >= 0.6 is 0 Å². The largest absolute Gasteiger partial charge is 0.460 e. The van der Waals surface area contributed by atoms with Gasteiger partial charge in [-0.05, 0) is 0 Å². The van der Waals surface area contributed by atoms with E-state index in [0.29, 0.717) is 0 Å². The Bertz CT molecular complexity index is 110. The molecule has 0 amide bonds. The molecule has 0 unspecified atom stereocenters. The van der Waals surface area contributed by atoms with Crippen LogP contribution in [0.1, 0.15) is 0 Å². The van der Waals surface area contributed by atoms with E-state index in [-0.39, 0.29) is 26.4 Å². The Hall–Kier alpha value is -0.910. The van der Waals surface area contributed by atoms with Crippen molar-refractivity contribution in [3.05, 3.63) is 12.7 Å². The fourth-order valence-electron chi connectivity index (χ4n) is 0.205. The molecule has 0 bridgehead atoms. The molecule has 12 heavy (non-hydrogen) atoms. The van der Waals surface area contributed by atoms with Crippen molar-refractivity contribution in [1.29, 1.82) is 0 Å². The molecule has 0 aromatic heterocycles. The van der Waals surface area contributed by atoms with Crippen LogP contribution in [0, 0.1) is 0 Å². The van der Waals surface area contributed by atoms with E-state index in [1.54, 1.807) is 0 Å². The summed E-state index contributed by atoms with van der Waals surface area (Å²) in [5.41, 5.74) is 0. The van der Waals surface area contributed by atoms with Crippen LogP contribution in [0.5, 0.6) is 0 Å². The van der Waals surface area contributed by atoms with Crippen molar-refractivity contribution in [3.8, 4) is 0 Å². The standard InChI is InChI=1S/C5H8O3.C2H6O2/c1-2-5(7)8-4-3-6;3-1-2-4/h2,6H,1,3-4H2;3-4H,1-2H2. The normalized spacial score (nSPS) is 7.92. The van der Waals surface area contributed by atoms with E-state index in [1.165, 1.54) is 0 Å². The van der Waals surface area contributed by atoms with Gasteiger partial charge >= 0.3 is 5.97 Å². The second-order valence-electron chi connectivity index (χ2n) is 1.54. The van der Waals surface area contributed by atoms with Crippen LogP contribution in [0.4, 0.5) is 0 Å². The molecule has 0 aromatic rings. The number of carbonyl (C=O) groups excluding carboxylic acids is 1. The summed E-state index contributed by atoms with van der Waals surface area (Å²) >= 11 is 0. The predicted molar refractivity (Wildman–Crippen MR) is 42.4 cm³/mol. The first kappa shape index (κ1) is 13.7. The van der Waals surface area contributed by atoms with E-state index in [2.05, 4.69) is 11.3 Å². The molecule has 0 atom stereocenters. The molecule has 5 heteroatoms. The van der Waals surface area contributed by atoms with Gasteiger partial charge in [0.05, 0.1) is 19.8 Å². The fraction of sp³-hybridized carbons (Fsp3) is 0.571. The molecule has 0 aliphatic heterocycles. The molecule has 0 aliphatic rings. The van der Waals surface area contributed by atoms with Gasteiger partial charge in [0, 0.05) is 6.08 Å². The molecule has 3 N–H and O–H groups in total. The van der Waals surface area contributed by atoms with Crippen LogP contribution in [0.3, 0.4) is 0 Å². The van der Waals surface area contributed by atoms with E-state index < -0.39 is 5.97 Å². The van der Waals surface area contributed by atoms with E-state index in [4.69, 9.17) is 15.3 Å². The summed E-state index contributed by atoms with van der Waals surface area (Å²) in [5, 5.41) is 23.3. The van der Waals surface area contributed by atoms with E-state index in [9.17, 15) is 4.79 Å². The second kappa shape index (κ2) is 12.7. The van der Waals surface area contributed by atoms with Gasteiger partial charge in [0.2, 0.25) is 0 Å². The molecule has 0 spiro atoms. The third kappa shape index (κ3) is 16.0. The molecule has 0 saturated heterocycles. The van der Waals surface area contributed by atoms with Gasteiger partial charge in [-0.15, -0.1) is 0 Å². The zero-order valence-electron chi connectivity index (χ0n) is 6.77. The zero-order chi connectivity index (χ0) is 9.82. The molecule has 5 nitrogen and oxygen atoms in total. The first-order valence-corrected chi connectivity index (χ1v) is 3.34. The van der Waals surface area contributed by atoms with Gasteiger partial charge < -0.3 is 20.1 Å². The first-order chi connectivity index (χ1) is 5.72. The number of hydrogen-bond donors (Lipinski definition) is 3. The Labute approximate surface area is 70.9 Å². The maximum atomic E-state index is 10.1. The molecular weight excluding hydrogens is 164 g/mol. The Morgan fingerprint density at radius 1 is 1.25 bits per heavy atom. The molecular formula is C7H14O5. The van der Waals surface area contributed by atoms with Crippen LogP contribution in [0.15, 0.2) is 12.7 Å². The topological polar surface area (TPSA) is 87.0 Å². The van der Waals surface area contributed by atoms with Gasteiger partial charge in [0.1, 0.15) is 6.61 Å². The average molecular weight is 178 g/mol. The summed E-state index contributed by atoms with van der Waals surface area (Å²) in [5.74, 6) is -0.501.